The molecule has 122 valence electrons. The lowest BCUT2D eigenvalue weighted by atomic mass is 9.98. The third-order valence-electron chi connectivity index (χ3n) is 3.92. The zero-order chi connectivity index (χ0) is 15.1. The second kappa shape index (κ2) is 9.18. The molecule has 1 aromatic rings. The molecule has 0 heterocycles. The number of rotatable bonds is 7. The van der Waals surface area contributed by atoms with Crippen molar-refractivity contribution in [2.75, 3.05) is 18.1 Å². The maximum atomic E-state index is 12.0. The van der Waals surface area contributed by atoms with E-state index in [2.05, 4.69) is 5.32 Å². The Bertz CT molecular complexity index is 490. The first-order valence-corrected chi connectivity index (χ1v) is 8.48. The van der Waals surface area contributed by atoms with E-state index in [1.807, 2.05) is 18.2 Å². The van der Waals surface area contributed by atoms with E-state index in [9.17, 15) is 9.59 Å². The summed E-state index contributed by atoms with van der Waals surface area (Å²) in [6.45, 7) is 0.492. The molecule has 0 spiro atoms. The van der Waals surface area contributed by atoms with E-state index < -0.39 is 0 Å². The van der Waals surface area contributed by atoms with Gasteiger partial charge in [-0.2, -0.15) is 0 Å². The number of benzene rings is 1. The average Bonchev–Trinajstić information content (AvgIpc) is 2.97. The Balaban J connectivity index is 0.00000242. The molecule has 1 fully saturated rings. The average molecular weight is 343 g/mol. The van der Waals surface area contributed by atoms with Crippen LogP contribution in [0.5, 0.6) is 0 Å². The van der Waals surface area contributed by atoms with Gasteiger partial charge >= 0.3 is 0 Å². The van der Waals surface area contributed by atoms with Crippen molar-refractivity contribution >= 4 is 35.9 Å². The highest BCUT2D eigenvalue weighted by Crippen LogP contribution is 2.28. The number of carbonyl (C=O) groups excluding carboxylic acids is 2. The summed E-state index contributed by atoms with van der Waals surface area (Å²) in [4.78, 5) is 23.9. The molecule has 0 atom stereocenters. The van der Waals surface area contributed by atoms with Crippen LogP contribution < -0.4 is 11.1 Å². The van der Waals surface area contributed by atoms with Gasteiger partial charge in [-0.25, -0.2) is 0 Å². The van der Waals surface area contributed by atoms with Crippen LogP contribution in [0.2, 0.25) is 0 Å². The maximum Gasteiger partial charge on any atom is 0.230 e. The van der Waals surface area contributed by atoms with E-state index in [-0.39, 0.29) is 29.6 Å². The summed E-state index contributed by atoms with van der Waals surface area (Å²) in [5, 5.41) is 3.06. The Morgan fingerprint density at radius 1 is 1.14 bits per heavy atom. The summed E-state index contributed by atoms with van der Waals surface area (Å²) in [5.74, 6) is 0.670. The largest absolute Gasteiger partial charge is 0.349 e. The highest BCUT2D eigenvalue weighted by atomic mass is 35.5. The lowest BCUT2D eigenvalue weighted by Crippen LogP contribution is -2.52. The van der Waals surface area contributed by atoms with Crippen LogP contribution in [0.15, 0.2) is 30.3 Å². The van der Waals surface area contributed by atoms with Crippen molar-refractivity contribution in [1.82, 2.24) is 5.32 Å². The number of ketones is 1. The molecule has 0 bridgehead atoms. The van der Waals surface area contributed by atoms with E-state index in [0.29, 0.717) is 23.6 Å². The summed E-state index contributed by atoms with van der Waals surface area (Å²) < 4.78 is 0. The first-order chi connectivity index (χ1) is 10.2. The predicted octanol–water partition coefficient (Wildman–Crippen LogP) is 2.41. The van der Waals surface area contributed by atoms with Crippen LogP contribution >= 0.6 is 24.2 Å². The standard InChI is InChI=1S/C16H22N2O2S.ClH/c17-12-16(8-4-5-9-16)18-15(20)11-21-10-14(19)13-6-2-1-3-7-13;/h1-3,6-7H,4-5,8-12,17H2,(H,18,20);1H. The number of nitrogens with one attached hydrogen (secondary N) is 1. The molecule has 1 aromatic carbocycles. The molecule has 4 nitrogen and oxygen atoms in total. The molecule has 6 heteroatoms. The minimum Gasteiger partial charge on any atom is -0.349 e. The fourth-order valence-corrected chi connectivity index (χ4v) is 3.42. The molecule has 0 unspecified atom stereocenters. The quantitative estimate of drug-likeness (QED) is 0.746. The zero-order valence-electron chi connectivity index (χ0n) is 12.5. The summed E-state index contributed by atoms with van der Waals surface area (Å²) >= 11 is 1.35. The Morgan fingerprint density at radius 2 is 1.77 bits per heavy atom. The Kier molecular flexibility index (Phi) is 7.93. The molecular formula is C16H23ClN2O2S. The lowest BCUT2D eigenvalue weighted by Gasteiger charge is -2.28. The minimum atomic E-state index is -0.207. The van der Waals surface area contributed by atoms with Gasteiger partial charge in [0.15, 0.2) is 5.78 Å². The number of hydrogen-bond acceptors (Lipinski definition) is 4. The van der Waals surface area contributed by atoms with E-state index in [1.54, 1.807) is 12.1 Å². The van der Waals surface area contributed by atoms with Gasteiger partial charge < -0.3 is 11.1 Å². The van der Waals surface area contributed by atoms with Gasteiger partial charge in [0.1, 0.15) is 0 Å². The molecular weight excluding hydrogens is 320 g/mol. The zero-order valence-corrected chi connectivity index (χ0v) is 14.2. The van der Waals surface area contributed by atoms with Crippen LogP contribution in [-0.4, -0.2) is 35.3 Å². The van der Waals surface area contributed by atoms with Gasteiger partial charge in [0.05, 0.1) is 17.0 Å². The van der Waals surface area contributed by atoms with Crippen LogP contribution in [0.1, 0.15) is 36.0 Å². The summed E-state index contributed by atoms with van der Waals surface area (Å²) in [6, 6.07) is 9.16. The first kappa shape index (κ1) is 19.0. The van der Waals surface area contributed by atoms with Crippen LogP contribution in [0.4, 0.5) is 0 Å². The van der Waals surface area contributed by atoms with E-state index in [4.69, 9.17) is 5.73 Å². The fourth-order valence-electron chi connectivity index (χ4n) is 2.71. The third kappa shape index (κ3) is 5.30. The SMILES string of the molecule is Cl.NCC1(NC(=O)CSCC(=O)c2ccccc2)CCCC1. The van der Waals surface area contributed by atoms with Gasteiger partial charge in [0, 0.05) is 12.1 Å². The van der Waals surface area contributed by atoms with Crippen LogP contribution in [-0.2, 0) is 4.79 Å². The van der Waals surface area contributed by atoms with E-state index in [0.717, 1.165) is 25.7 Å². The number of hydrogen-bond donors (Lipinski definition) is 2. The summed E-state index contributed by atoms with van der Waals surface area (Å²) in [6.07, 6.45) is 4.17. The van der Waals surface area contributed by atoms with Gasteiger partial charge in [-0.3, -0.25) is 9.59 Å². The van der Waals surface area contributed by atoms with Crippen molar-refractivity contribution in [2.45, 2.75) is 31.2 Å². The number of nitrogens with two attached hydrogens (primary N) is 1. The fraction of sp³-hybridized carbons (Fsp3) is 0.500. The Hall–Kier alpha value is -1.04. The molecule has 1 aliphatic rings. The number of carbonyl (C=O) groups is 2. The number of Topliss-reactive ketones (excluding diaryl/α,β-unsaturated/α-hetero) is 1. The van der Waals surface area contributed by atoms with Gasteiger partial charge in [-0.1, -0.05) is 43.2 Å². The van der Waals surface area contributed by atoms with E-state index in [1.165, 1.54) is 11.8 Å². The van der Waals surface area contributed by atoms with Gasteiger partial charge in [0.25, 0.3) is 0 Å². The Labute approximate surface area is 142 Å². The molecule has 0 radical (unpaired) electrons. The van der Waals surface area contributed by atoms with Crippen molar-refractivity contribution in [1.29, 1.82) is 0 Å². The molecule has 2 rings (SSSR count). The highest BCUT2D eigenvalue weighted by molar-refractivity contribution is 8.00. The predicted molar refractivity (Wildman–Crippen MR) is 93.7 cm³/mol. The topological polar surface area (TPSA) is 72.2 Å². The number of thioether (sulfide) groups is 1. The van der Waals surface area contributed by atoms with Gasteiger partial charge in [0.2, 0.25) is 5.91 Å². The molecule has 0 saturated heterocycles. The van der Waals surface area contributed by atoms with Crippen molar-refractivity contribution in [3.05, 3.63) is 35.9 Å². The molecule has 22 heavy (non-hydrogen) atoms. The molecule has 0 aromatic heterocycles. The van der Waals surface area contributed by atoms with Crippen molar-refractivity contribution in [2.24, 2.45) is 5.73 Å². The maximum absolute atomic E-state index is 12.0. The number of halogens is 1. The van der Waals surface area contributed by atoms with Crippen LogP contribution in [0, 0.1) is 0 Å². The number of amides is 1. The van der Waals surface area contributed by atoms with Crippen molar-refractivity contribution < 1.29 is 9.59 Å². The summed E-state index contributed by atoms with van der Waals surface area (Å²) in [5.41, 5.74) is 6.28. The molecule has 1 aliphatic carbocycles. The first-order valence-electron chi connectivity index (χ1n) is 7.32. The van der Waals surface area contributed by atoms with Gasteiger partial charge in [-0.05, 0) is 12.8 Å². The smallest absolute Gasteiger partial charge is 0.230 e. The normalized spacial score (nSPS) is 15.9. The van der Waals surface area contributed by atoms with Crippen LogP contribution in [0.3, 0.4) is 0 Å². The van der Waals surface area contributed by atoms with E-state index >= 15 is 0 Å². The monoisotopic (exact) mass is 342 g/mol. The Morgan fingerprint density at radius 3 is 2.36 bits per heavy atom. The van der Waals surface area contributed by atoms with Crippen molar-refractivity contribution in [3.8, 4) is 0 Å². The molecule has 3 N–H and O–H groups in total. The van der Waals surface area contributed by atoms with Crippen molar-refractivity contribution in [3.63, 3.8) is 0 Å². The molecule has 0 aliphatic heterocycles. The van der Waals surface area contributed by atoms with Crippen LogP contribution in [0.25, 0.3) is 0 Å². The third-order valence-corrected chi connectivity index (χ3v) is 4.85. The molecule has 1 saturated carbocycles. The second-order valence-electron chi connectivity index (χ2n) is 5.52. The minimum absolute atomic E-state index is 0. The molecule has 1 amide bonds. The highest BCUT2D eigenvalue weighted by Gasteiger charge is 2.33. The summed E-state index contributed by atoms with van der Waals surface area (Å²) in [7, 11) is 0. The lowest BCUT2D eigenvalue weighted by molar-refractivity contribution is -0.120. The van der Waals surface area contributed by atoms with Gasteiger partial charge in [-0.15, -0.1) is 24.2 Å². The second-order valence-corrected chi connectivity index (χ2v) is 6.51.